The number of halogens is 5. The Morgan fingerprint density at radius 2 is 1.66 bits per heavy atom. The number of hydrazine groups is 1. The average Bonchev–Trinajstić information content (AvgIpc) is 4.04. The molecule has 65 heavy (non-hydrogen) atoms. The molecule has 3 N–H and O–H groups in total. The van der Waals surface area contributed by atoms with E-state index in [1.165, 1.54) is 39.2 Å². The predicted molar refractivity (Wildman–Crippen MR) is 225 cm³/mol. The van der Waals surface area contributed by atoms with Gasteiger partial charge in [-0.2, -0.15) is 18.3 Å². The lowest BCUT2D eigenvalue weighted by Crippen LogP contribution is -2.56. The SMILES string of the molecule is O=C1CCN(N2Cc3cc(N4CCC(N5CCC(CN6CCC(n7cc(NC(=O)c8coc(-c9ccnc(NCC(F)(F)F)c9)n8)c(C(F)F)n7)CC6)CC5)CC4)ccc3C2=O)C(=O)N1. The number of hydrogen-bond donors (Lipinski definition) is 3. The summed E-state index contributed by atoms with van der Waals surface area (Å²) in [6.07, 6.45) is 2.19. The molecule has 0 aliphatic carbocycles. The van der Waals surface area contributed by atoms with Crippen molar-refractivity contribution in [3.05, 3.63) is 71.5 Å². The summed E-state index contributed by atoms with van der Waals surface area (Å²) in [5.74, 6) is -0.969. The van der Waals surface area contributed by atoms with Crippen molar-refractivity contribution in [2.24, 2.45) is 5.92 Å². The van der Waals surface area contributed by atoms with E-state index >= 15 is 0 Å². The maximum Gasteiger partial charge on any atom is 0.405 e. The standard InChI is InChI=1S/C43H49F5N12O5/c44-38(45)37-33(51-39(62)34-24-65-40(52-34)27-3-11-49-35(20-27)50-25-43(46,47)48)23-58(54-37)30-6-12-55(13-7-30)21-26-4-14-56(15-5-26)29-8-16-57(17-9-29)31-1-2-32-28(19-31)22-60(41(32)63)59-18-10-36(61)53-42(59)64/h1-3,11,19-20,23-24,26,29-30,38H,4-10,12-18,21-22,25H2,(H,49,50)(H,51,62)(H,53,61,64). The molecule has 5 aliphatic rings. The van der Waals surface area contributed by atoms with Crippen LogP contribution in [0.2, 0.25) is 0 Å². The number of nitrogens with one attached hydrogen (secondary N) is 3. The molecular formula is C43H49F5N12O5. The second-order valence-electron chi connectivity index (χ2n) is 17.3. The highest BCUT2D eigenvalue weighted by Crippen LogP contribution is 2.34. The molecule has 4 saturated heterocycles. The van der Waals surface area contributed by atoms with Crippen LogP contribution in [0.3, 0.4) is 0 Å². The molecule has 3 aromatic heterocycles. The molecule has 0 saturated carbocycles. The molecule has 22 heteroatoms. The second-order valence-corrected chi connectivity index (χ2v) is 17.3. The number of benzene rings is 1. The van der Waals surface area contributed by atoms with Crippen molar-refractivity contribution >= 4 is 40.9 Å². The minimum absolute atomic E-state index is 0.0661. The van der Waals surface area contributed by atoms with Crippen LogP contribution in [0, 0.1) is 5.92 Å². The van der Waals surface area contributed by atoms with Crippen LogP contribution in [0.25, 0.3) is 11.5 Å². The number of piperidine rings is 3. The van der Waals surface area contributed by atoms with E-state index in [1.807, 2.05) is 12.1 Å². The van der Waals surface area contributed by atoms with Crippen molar-refractivity contribution in [2.75, 3.05) is 74.4 Å². The van der Waals surface area contributed by atoms with Crippen molar-refractivity contribution in [2.45, 2.75) is 76.2 Å². The number of aromatic nitrogens is 4. The van der Waals surface area contributed by atoms with E-state index in [-0.39, 0.29) is 66.0 Å². The van der Waals surface area contributed by atoms with Gasteiger partial charge in [-0.25, -0.2) is 33.6 Å². The van der Waals surface area contributed by atoms with Crippen molar-refractivity contribution in [3.63, 3.8) is 0 Å². The van der Waals surface area contributed by atoms with E-state index in [1.54, 1.807) is 0 Å². The molecule has 17 nitrogen and oxygen atoms in total. The molecule has 0 spiro atoms. The molecule has 5 aliphatic heterocycles. The lowest BCUT2D eigenvalue weighted by atomic mass is 9.92. The number of fused-ring (bicyclic) bond motifs is 1. The summed E-state index contributed by atoms with van der Waals surface area (Å²) in [6.45, 7) is 5.63. The quantitative estimate of drug-likeness (QED) is 0.143. The van der Waals surface area contributed by atoms with Crippen LogP contribution >= 0.6 is 0 Å². The zero-order valence-corrected chi connectivity index (χ0v) is 35.4. The number of pyridine rings is 1. The van der Waals surface area contributed by atoms with E-state index in [2.05, 4.69) is 51.8 Å². The lowest BCUT2D eigenvalue weighted by Gasteiger charge is -2.43. The fourth-order valence-corrected chi connectivity index (χ4v) is 9.59. The first-order valence-electron chi connectivity index (χ1n) is 21.9. The Hall–Kier alpha value is -6.16. The lowest BCUT2D eigenvalue weighted by molar-refractivity contribution is -0.123. The molecule has 0 atom stereocenters. The zero-order valence-electron chi connectivity index (χ0n) is 35.4. The van der Waals surface area contributed by atoms with Gasteiger partial charge in [0, 0.05) is 74.4 Å². The maximum absolute atomic E-state index is 14.2. The van der Waals surface area contributed by atoms with Gasteiger partial charge in [-0.15, -0.1) is 0 Å². The van der Waals surface area contributed by atoms with E-state index in [9.17, 15) is 41.1 Å². The van der Waals surface area contributed by atoms with Gasteiger partial charge in [0.25, 0.3) is 18.2 Å². The predicted octanol–water partition coefficient (Wildman–Crippen LogP) is 5.93. The number of amides is 5. The topological polar surface area (TPSA) is 177 Å². The molecule has 1 aromatic carbocycles. The van der Waals surface area contributed by atoms with E-state index in [0.717, 1.165) is 89.0 Å². The molecule has 4 aromatic rings. The fraction of sp³-hybridized carbons (Fsp3) is 0.512. The number of alkyl halides is 5. The zero-order chi connectivity index (χ0) is 45.4. The van der Waals surface area contributed by atoms with Crippen LogP contribution in [0.4, 0.5) is 43.9 Å². The molecule has 5 amide bonds. The van der Waals surface area contributed by atoms with Crippen LogP contribution in [-0.4, -0.2) is 134 Å². The van der Waals surface area contributed by atoms with Gasteiger partial charge in [0.2, 0.25) is 11.8 Å². The van der Waals surface area contributed by atoms with Crippen molar-refractivity contribution in [1.29, 1.82) is 0 Å². The van der Waals surface area contributed by atoms with Crippen molar-refractivity contribution in [1.82, 2.24) is 44.9 Å². The van der Waals surface area contributed by atoms with Crippen molar-refractivity contribution < 1.29 is 45.5 Å². The first-order valence-corrected chi connectivity index (χ1v) is 21.9. The largest absolute Gasteiger partial charge is 0.444 e. The second kappa shape index (κ2) is 18.4. The Labute approximate surface area is 370 Å². The van der Waals surface area contributed by atoms with Gasteiger partial charge in [-0.3, -0.25) is 24.4 Å². The number of oxazole rings is 1. The van der Waals surface area contributed by atoms with Crippen LogP contribution in [0.15, 0.2) is 53.4 Å². The van der Waals surface area contributed by atoms with Crippen molar-refractivity contribution in [3.8, 4) is 11.5 Å². The van der Waals surface area contributed by atoms with Crippen LogP contribution in [-0.2, 0) is 11.3 Å². The monoisotopic (exact) mass is 908 g/mol. The van der Waals surface area contributed by atoms with Crippen LogP contribution < -0.4 is 20.9 Å². The van der Waals surface area contributed by atoms with Gasteiger partial charge in [0.05, 0.1) is 24.8 Å². The third kappa shape index (κ3) is 9.92. The Kier molecular flexibility index (Phi) is 12.5. The normalized spacial score (nSPS) is 19.9. The summed E-state index contributed by atoms with van der Waals surface area (Å²) in [5.41, 5.74) is 1.86. The molecule has 346 valence electrons. The summed E-state index contributed by atoms with van der Waals surface area (Å²) in [7, 11) is 0. The Morgan fingerprint density at radius 3 is 2.38 bits per heavy atom. The summed E-state index contributed by atoms with van der Waals surface area (Å²) < 4.78 is 73.1. The van der Waals surface area contributed by atoms with Gasteiger partial charge < -0.3 is 29.8 Å². The Morgan fingerprint density at radius 1 is 0.908 bits per heavy atom. The smallest absolute Gasteiger partial charge is 0.405 e. The molecule has 9 rings (SSSR count). The molecule has 0 bridgehead atoms. The minimum atomic E-state index is -4.45. The van der Waals surface area contributed by atoms with E-state index in [0.29, 0.717) is 30.4 Å². The van der Waals surface area contributed by atoms with Gasteiger partial charge >= 0.3 is 12.2 Å². The minimum Gasteiger partial charge on any atom is -0.444 e. The number of rotatable bonds is 12. The van der Waals surface area contributed by atoms with Gasteiger partial charge in [0.1, 0.15) is 18.6 Å². The van der Waals surface area contributed by atoms with E-state index < -0.39 is 36.8 Å². The number of imide groups is 1. The first kappa shape index (κ1) is 44.1. The summed E-state index contributed by atoms with van der Waals surface area (Å²) in [6, 6.07) is 8.41. The molecule has 4 fully saturated rings. The van der Waals surface area contributed by atoms with Gasteiger partial charge in [0.15, 0.2) is 11.4 Å². The number of carbonyl (C=O) groups excluding carboxylic acids is 4. The maximum atomic E-state index is 14.2. The van der Waals surface area contributed by atoms with Gasteiger partial charge in [-0.05, 0) is 93.4 Å². The Balaban J connectivity index is 0.713. The van der Waals surface area contributed by atoms with Gasteiger partial charge in [-0.1, -0.05) is 0 Å². The Bertz CT molecular complexity index is 2400. The third-order valence-electron chi connectivity index (χ3n) is 13.1. The summed E-state index contributed by atoms with van der Waals surface area (Å²) in [5, 5.41) is 13.9. The molecule has 0 unspecified atom stereocenters. The highest BCUT2D eigenvalue weighted by atomic mass is 19.4. The van der Waals surface area contributed by atoms with E-state index in [4.69, 9.17) is 4.42 Å². The number of anilines is 3. The number of likely N-dealkylation sites (tertiary alicyclic amines) is 2. The molecule has 0 radical (unpaired) electrons. The van der Waals surface area contributed by atoms with Crippen LogP contribution in [0.1, 0.15) is 89.5 Å². The number of urea groups is 1. The van der Waals surface area contributed by atoms with Crippen LogP contribution in [0.5, 0.6) is 0 Å². The fourth-order valence-electron chi connectivity index (χ4n) is 9.59. The highest BCUT2D eigenvalue weighted by molar-refractivity contribution is 6.03. The molecular weight excluding hydrogens is 860 g/mol. The number of hydrogen-bond acceptors (Lipinski definition) is 12. The summed E-state index contributed by atoms with van der Waals surface area (Å²) in [4.78, 5) is 65.6. The average molecular weight is 909 g/mol. The summed E-state index contributed by atoms with van der Waals surface area (Å²) >= 11 is 0. The molecule has 8 heterocycles. The number of carbonyl (C=O) groups is 4. The first-order chi connectivity index (χ1) is 31.2. The number of nitrogens with zero attached hydrogens (tertiary/aromatic N) is 9. The third-order valence-corrected chi connectivity index (χ3v) is 13.1. The highest BCUT2D eigenvalue weighted by Gasteiger charge is 2.38.